The Kier molecular flexibility index (Phi) is 5.60. The topological polar surface area (TPSA) is 91.0 Å². The van der Waals surface area contributed by atoms with Gasteiger partial charge in [0.25, 0.3) is 0 Å². The molecule has 7 nitrogen and oxygen atoms in total. The summed E-state index contributed by atoms with van der Waals surface area (Å²) in [6.45, 7) is 3.22. The summed E-state index contributed by atoms with van der Waals surface area (Å²) >= 11 is 0. The van der Waals surface area contributed by atoms with Crippen molar-refractivity contribution in [1.82, 2.24) is 25.6 Å². The Morgan fingerprint density at radius 3 is 2.69 bits per heavy atom. The minimum atomic E-state index is -0.260. The van der Waals surface area contributed by atoms with E-state index < -0.39 is 0 Å². The molecule has 154 valence electrons. The average Bonchev–Trinajstić information content (AvgIpc) is 3.22. The number of halogens is 1. The molecule has 0 bridgehead atoms. The van der Waals surface area contributed by atoms with Crippen molar-refractivity contribution in [3.05, 3.63) is 46.5 Å². The average molecular weight is 399 g/mol. The molecule has 29 heavy (non-hydrogen) atoms. The Bertz CT molecular complexity index is 904. The number of nitrogens with one attached hydrogen (secondary N) is 2. The normalized spacial score (nSPS) is 19.7. The number of fused-ring (bicyclic) bond motifs is 1. The summed E-state index contributed by atoms with van der Waals surface area (Å²) in [4.78, 5) is 27.2. The molecular formula is C21H26FN5O2. The number of aromatic amines is 1. The third kappa shape index (κ3) is 4.31. The first-order valence-corrected chi connectivity index (χ1v) is 10.2. The Balaban J connectivity index is 1.25. The van der Waals surface area contributed by atoms with Crippen LogP contribution in [0.5, 0.6) is 0 Å². The molecule has 1 aromatic heterocycles. The molecule has 1 unspecified atom stereocenters. The summed E-state index contributed by atoms with van der Waals surface area (Å²) in [5, 5.41) is 13.8. The van der Waals surface area contributed by atoms with Crippen LogP contribution in [-0.4, -0.2) is 45.2 Å². The zero-order chi connectivity index (χ0) is 20.4. The molecular weight excluding hydrogens is 373 g/mol. The van der Waals surface area contributed by atoms with Gasteiger partial charge in [0, 0.05) is 37.9 Å². The van der Waals surface area contributed by atoms with Gasteiger partial charge in [-0.1, -0.05) is 12.1 Å². The van der Waals surface area contributed by atoms with Crippen LogP contribution in [0.3, 0.4) is 0 Å². The number of hydrogen-bond donors (Lipinski definition) is 2. The van der Waals surface area contributed by atoms with E-state index >= 15 is 0 Å². The highest BCUT2D eigenvalue weighted by Gasteiger charge is 2.33. The van der Waals surface area contributed by atoms with Crippen molar-refractivity contribution in [2.24, 2.45) is 11.8 Å². The Hall–Kier alpha value is -2.77. The van der Waals surface area contributed by atoms with E-state index in [0.717, 1.165) is 29.8 Å². The van der Waals surface area contributed by atoms with Gasteiger partial charge in [0.05, 0.1) is 11.4 Å². The number of aryl methyl sites for hydroxylation is 2. The fourth-order valence-corrected chi connectivity index (χ4v) is 4.20. The molecule has 0 saturated carbocycles. The van der Waals surface area contributed by atoms with E-state index in [1.165, 1.54) is 6.07 Å². The van der Waals surface area contributed by atoms with E-state index in [2.05, 4.69) is 20.7 Å². The van der Waals surface area contributed by atoms with Crippen LogP contribution in [0.25, 0.3) is 0 Å². The third-order valence-electron chi connectivity index (χ3n) is 6.10. The van der Waals surface area contributed by atoms with Crippen molar-refractivity contribution in [3.8, 4) is 0 Å². The van der Waals surface area contributed by atoms with E-state index in [-0.39, 0.29) is 29.5 Å². The SMILES string of the molecule is Cc1ccc(CNC(=O)C2CCN(C(=O)C3CCc4n[nH]nc4C3)CC2)cc1F. The van der Waals surface area contributed by atoms with Crippen LogP contribution in [0.15, 0.2) is 18.2 Å². The quantitative estimate of drug-likeness (QED) is 0.822. The largest absolute Gasteiger partial charge is 0.352 e. The molecule has 1 atom stereocenters. The van der Waals surface area contributed by atoms with Gasteiger partial charge in [-0.25, -0.2) is 4.39 Å². The second-order valence-corrected chi connectivity index (χ2v) is 8.06. The standard InChI is InChI=1S/C21H26FN5O2/c1-13-2-3-14(10-17(13)22)12-23-20(28)15-6-8-27(9-7-15)21(29)16-4-5-18-19(11-16)25-26-24-18/h2-3,10,15-16H,4-9,11-12H2,1H3,(H,23,28)(H,24,25,26). The lowest BCUT2D eigenvalue weighted by atomic mass is 9.87. The van der Waals surface area contributed by atoms with Crippen LogP contribution in [0.2, 0.25) is 0 Å². The summed E-state index contributed by atoms with van der Waals surface area (Å²) in [5.74, 6) is -0.281. The van der Waals surface area contributed by atoms with Gasteiger partial charge in [-0.05, 0) is 49.8 Å². The molecule has 1 aliphatic heterocycles. The number of hydrogen-bond acceptors (Lipinski definition) is 4. The summed E-state index contributed by atoms with van der Waals surface area (Å²) in [6, 6.07) is 5.00. The van der Waals surface area contributed by atoms with E-state index in [1.54, 1.807) is 13.0 Å². The summed E-state index contributed by atoms with van der Waals surface area (Å²) in [5.41, 5.74) is 3.21. The minimum Gasteiger partial charge on any atom is -0.352 e. The Morgan fingerprint density at radius 1 is 1.17 bits per heavy atom. The van der Waals surface area contributed by atoms with Crippen molar-refractivity contribution >= 4 is 11.8 Å². The molecule has 1 aromatic carbocycles. The number of rotatable bonds is 4. The molecule has 2 heterocycles. The van der Waals surface area contributed by atoms with Gasteiger partial charge in [-0.2, -0.15) is 15.4 Å². The van der Waals surface area contributed by atoms with Crippen LogP contribution in [-0.2, 0) is 29.0 Å². The van der Waals surface area contributed by atoms with E-state index in [0.29, 0.717) is 44.5 Å². The molecule has 1 saturated heterocycles. The minimum absolute atomic E-state index is 0.0250. The van der Waals surface area contributed by atoms with Crippen LogP contribution in [0.1, 0.15) is 41.8 Å². The van der Waals surface area contributed by atoms with Crippen LogP contribution in [0, 0.1) is 24.6 Å². The number of carbonyl (C=O) groups is 2. The smallest absolute Gasteiger partial charge is 0.226 e. The molecule has 8 heteroatoms. The highest BCUT2D eigenvalue weighted by molar-refractivity contribution is 5.81. The van der Waals surface area contributed by atoms with Gasteiger partial charge in [-0.15, -0.1) is 0 Å². The number of benzene rings is 1. The molecule has 2 N–H and O–H groups in total. The van der Waals surface area contributed by atoms with Crippen molar-refractivity contribution in [1.29, 1.82) is 0 Å². The molecule has 0 spiro atoms. The van der Waals surface area contributed by atoms with Crippen molar-refractivity contribution in [2.75, 3.05) is 13.1 Å². The summed E-state index contributed by atoms with van der Waals surface area (Å²) in [6.07, 6.45) is 3.52. The highest BCUT2D eigenvalue weighted by atomic mass is 19.1. The highest BCUT2D eigenvalue weighted by Crippen LogP contribution is 2.26. The molecule has 1 aliphatic carbocycles. The molecule has 4 rings (SSSR count). The van der Waals surface area contributed by atoms with Gasteiger partial charge in [0.15, 0.2) is 0 Å². The number of H-pyrrole nitrogens is 1. The van der Waals surface area contributed by atoms with E-state index in [9.17, 15) is 14.0 Å². The van der Waals surface area contributed by atoms with Gasteiger partial charge in [-0.3, -0.25) is 9.59 Å². The van der Waals surface area contributed by atoms with Gasteiger partial charge in [0.2, 0.25) is 11.8 Å². The van der Waals surface area contributed by atoms with Gasteiger partial charge in [0.1, 0.15) is 5.82 Å². The molecule has 0 radical (unpaired) electrons. The molecule has 2 aliphatic rings. The predicted octanol–water partition coefficient (Wildman–Crippen LogP) is 1.91. The Morgan fingerprint density at radius 2 is 1.93 bits per heavy atom. The number of likely N-dealkylation sites (tertiary alicyclic amines) is 1. The van der Waals surface area contributed by atoms with Crippen LogP contribution in [0.4, 0.5) is 4.39 Å². The summed E-state index contributed by atoms with van der Waals surface area (Å²) < 4.78 is 13.6. The lowest BCUT2D eigenvalue weighted by molar-refractivity contribution is -0.139. The number of nitrogens with zero attached hydrogens (tertiary/aromatic N) is 3. The maximum atomic E-state index is 13.6. The van der Waals surface area contributed by atoms with Crippen molar-refractivity contribution < 1.29 is 14.0 Å². The predicted molar refractivity (Wildman–Crippen MR) is 104 cm³/mol. The number of aromatic nitrogens is 3. The van der Waals surface area contributed by atoms with Crippen LogP contribution < -0.4 is 5.32 Å². The zero-order valence-electron chi connectivity index (χ0n) is 16.6. The number of amides is 2. The second kappa shape index (κ2) is 8.31. The number of piperidine rings is 1. The molecule has 1 fully saturated rings. The third-order valence-corrected chi connectivity index (χ3v) is 6.10. The summed E-state index contributed by atoms with van der Waals surface area (Å²) in [7, 11) is 0. The Labute approximate surface area is 169 Å². The van der Waals surface area contributed by atoms with Gasteiger partial charge >= 0.3 is 0 Å². The first-order chi connectivity index (χ1) is 14.0. The fraction of sp³-hybridized carbons (Fsp3) is 0.524. The lowest BCUT2D eigenvalue weighted by Gasteiger charge is -2.34. The van der Waals surface area contributed by atoms with E-state index in [4.69, 9.17) is 0 Å². The second-order valence-electron chi connectivity index (χ2n) is 8.06. The maximum Gasteiger partial charge on any atom is 0.226 e. The first-order valence-electron chi connectivity index (χ1n) is 10.2. The molecule has 2 aromatic rings. The van der Waals surface area contributed by atoms with Crippen molar-refractivity contribution in [2.45, 2.75) is 45.6 Å². The lowest BCUT2D eigenvalue weighted by Crippen LogP contribution is -2.45. The van der Waals surface area contributed by atoms with Crippen LogP contribution >= 0.6 is 0 Å². The maximum absolute atomic E-state index is 13.6. The fourth-order valence-electron chi connectivity index (χ4n) is 4.20. The van der Waals surface area contributed by atoms with Crippen molar-refractivity contribution in [3.63, 3.8) is 0 Å². The number of carbonyl (C=O) groups excluding carboxylic acids is 2. The monoisotopic (exact) mass is 399 g/mol. The zero-order valence-corrected chi connectivity index (χ0v) is 16.6. The van der Waals surface area contributed by atoms with Gasteiger partial charge < -0.3 is 10.2 Å². The first kappa shape index (κ1) is 19.5. The van der Waals surface area contributed by atoms with E-state index in [1.807, 2.05) is 11.0 Å². The molecule has 2 amide bonds.